The van der Waals surface area contributed by atoms with E-state index in [2.05, 4.69) is 10.1 Å². The van der Waals surface area contributed by atoms with Gasteiger partial charge in [0.15, 0.2) is 6.61 Å². The molecule has 0 aromatic rings. The van der Waals surface area contributed by atoms with Crippen molar-refractivity contribution in [2.75, 3.05) is 13.2 Å². The summed E-state index contributed by atoms with van der Waals surface area (Å²) in [4.78, 5) is 10.9. The number of nitrogens with one attached hydrogen (secondary N) is 1. The molecular formula is C7H10F3NO2. The van der Waals surface area contributed by atoms with E-state index in [1.54, 1.807) is 6.92 Å². The van der Waals surface area contributed by atoms with E-state index < -0.39 is 24.7 Å². The fraction of sp³-hybridized carbons (Fsp3) is 0.857. The van der Waals surface area contributed by atoms with Crippen LogP contribution < -0.4 is 5.32 Å². The molecule has 1 aliphatic rings. The largest absolute Gasteiger partial charge is 0.456 e. The molecule has 0 radical (unpaired) electrons. The van der Waals surface area contributed by atoms with Crippen molar-refractivity contribution >= 4 is 5.97 Å². The summed E-state index contributed by atoms with van der Waals surface area (Å²) in [5, 5.41) is 2.83. The molecule has 1 rings (SSSR count). The zero-order valence-electron chi connectivity index (χ0n) is 7.02. The average Bonchev–Trinajstić information content (AvgIpc) is 2.79. The molecule has 3 nitrogen and oxygen atoms in total. The minimum absolute atomic E-state index is 0.0132. The summed E-state index contributed by atoms with van der Waals surface area (Å²) in [6.45, 7) is 0.717. The molecule has 1 heterocycles. The number of carbonyl (C=O) groups excluding carboxylic acids is 1. The number of hydrogen-bond donors (Lipinski definition) is 1. The summed E-state index contributed by atoms with van der Waals surface area (Å²) in [5.74, 6) is -1.30. The van der Waals surface area contributed by atoms with Crippen molar-refractivity contribution in [3.63, 3.8) is 0 Å². The van der Waals surface area contributed by atoms with Crippen molar-refractivity contribution in [2.45, 2.75) is 19.1 Å². The zero-order valence-corrected chi connectivity index (χ0v) is 7.02. The van der Waals surface area contributed by atoms with Crippen molar-refractivity contribution in [1.82, 2.24) is 5.32 Å². The van der Waals surface area contributed by atoms with E-state index in [4.69, 9.17) is 0 Å². The SMILES string of the molecule is CC(C(=O)OCC(F)(F)F)C1CN1. The van der Waals surface area contributed by atoms with Gasteiger partial charge in [-0.15, -0.1) is 0 Å². The lowest BCUT2D eigenvalue weighted by Gasteiger charge is -2.11. The lowest BCUT2D eigenvalue weighted by molar-refractivity contribution is -0.188. The molecule has 1 saturated heterocycles. The van der Waals surface area contributed by atoms with Crippen LogP contribution in [0.4, 0.5) is 13.2 Å². The first-order chi connectivity index (χ1) is 5.90. The van der Waals surface area contributed by atoms with Crippen LogP contribution in [0.2, 0.25) is 0 Å². The maximum atomic E-state index is 11.6. The van der Waals surface area contributed by atoms with E-state index in [1.807, 2.05) is 0 Å². The lowest BCUT2D eigenvalue weighted by Crippen LogP contribution is -2.26. The molecular weight excluding hydrogens is 187 g/mol. The van der Waals surface area contributed by atoms with E-state index in [1.165, 1.54) is 0 Å². The number of rotatable bonds is 3. The number of carbonyl (C=O) groups is 1. The van der Waals surface area contributed by atoms with Crippen LogP contribution in [0.15, 0.2) is 0 Å². The van der Waals surface area contributed by atoms with Crippen LogP contribution in [0.3, 0.4) is 0 Å². The van der Waals surface area contributed by atoms with E-state index in [-0.39, 0.29) is 6.04 Å². The molecule has 1 aliphatic heterocycles. The van der Waals surface area contributed by atoms with Crippen molar-refractivity contribution in [2.24, 2.45) is 5.92 Å². The van der Waals surface area contributed by atoms with Gasteiger partial charge in [-0.1, -0.05) is 6.92 Å². The molecule has 13 heavy (non-hydrogen) atoms. The van der Waals surface area contributed by atoms with E-state index in [9.17, 15) is 18.0 Å². The van der Waals surface area contributed by atoms with E-state index in [0.717, 1.165) is 0 Å². The first-order valence-electron chi connectivity index (χ1n) is 3.87. The Kier molecular flexibility index (Phi) is 2.80. The standard InChI is InChI=1S/C7H10F3NO2/c1-4(5-2-11-5)6(12)13-3-7(8,9)10/h4-5,11H,2-3H2,1H3. The van der Waals surface area contributed by atoms with Gasteiger partial charge in [0.1, 0.15) is 0 Å². The molecule has 6 heteroatoms. The molecule has 2 atom stereocenters. The quantitative estimate of drug-likeness (QED) is 0.535. The molecule has 0 aliphatic carbocycles. The Morgan fingerprint density at radius 2 is 2.23 bits per heavy atom. The summed E-state index contributed by atoms with van der Waals surface area (Å²) in [5.41, 5.74) is 0. The van der Waals surface area contributed by atoms with Gasteiger partial charge < -0.3 is 10.1 Å². The first-order valence-corrected chi connectivity index (χ1v) is 3.87. The Morgan fingerprint density at radius 3 is 2.62 bits per heavy atom. The monoisotopic (exact) mass is 197 g/mol. The zero-order chi connectivity index (χ0) is 10.1. The highest BCUT2D eigenvalue weighted by Gasteiger charge is 2.36. The van der Waals surface area contributed by atoms with Crippen LogP contribution in [0.25, 0.3) is 0 Å². The van der Waals surface area contributed by atoms with Crippen LogP contribution >= 0.6 is 0 Å². The van der Waals surface area contributed by atoms with Crippen molar-refractivity contribution < 1.29 is 22.7 Å². The number of esters is 1. The van der Waals surface area contributed by atoms with Crippen LogP contribution in [0.5, 0.6) is 0 Å². The topological polar surface area (TPSA) is 48.2 Å². The summed E-state index contributed by atoms with van der Waals surface area (Å²) >= 11 is 0. The van der Waals surface area contributed by atoms with Crippen molar-refractivity contribution in [3.05, 3.63) is 0 Å². The van der Waals surface area contributed by atoms with Crippen LogP contribution in [-0.4, -0.2) is 31.3 Å². The predicted octanol–water partition coefficient (Wildman–Crippen LogP) is 0.700. The van der Waals surface area contributed by atoms with Gasteiger partial charge in [0.2, 0.25) is 0 Å². The molecule has 2 unspecified atom stereocenters. The second-order valence-corrected chi connectivity index (χ2v) is 3.03. The minimum atomic E-state index is -4.44. The summed E-state index contributed by atoms with van der Waals surface area (Å²) in [6.07, 6.45) is -4.44. The normalized spacial score (nSPS) is 23.8. The lowest BCUT2D eigenvalue weighted by atomic mass is 10.1. The smallest absolute Gasteiger partial charge is 0.422 e. The third kappa shape index (κ3) is 3.63. The minimum Gasteiger partial charge on any atom is -0.456 e. The summed E-state index contributed by atoms with van der Waals surface area (Å²) < 4.78 is 38.9. The molecule has 1 fully saturated rings. The Labute approximate surface area is 73.2 Å². The van der Waals surface area contributed by atoms with Gasteiger partial charge in [-0.3, -0.25) is 4.79 Å². The number of halogens is 3. The summed E-state index contributed by atoms with van der Waals surface area (Å²) in [6, 6.07) is -0.0132. The van der Waals surface area contributed by atoms with Crippen molar-refractivity contribution in [3.8, 4) is 0 Å². The number of ether oxygens (including phenoxy) is 1. The molecule has 0 bridgehead atoms. The van der Waals surface area contributed by atoms with Gasteiger partial charge in [0, 0.05) is 12.6 Å². The Morgan fingerprint density at radius 1 is 1.69 bits per heavy atom. The maximum absolute atomic E-state index is 11.6. The molecule has 1 N–H and O–H groups in total. The van der Waals surface area contributed by atoms with Crippen LogP contribution in [0.1, 0.15) is 6.92 Å². The van der Waals surface area contributed by atoms with Gasteiger partial charge in [-0.05, 0) is 0 Å². The van der Waals surface area contributed by atoms with Crippen LogP contribution in [0, 0.1) is 5.92 Å². The van der Waals surface area contributed by atoms with E-state index >= 15 is 0 Å². The third-order valence-electron chi connectivity index (χ3n) is 1.79. The molecule has 76 valence electrons. The number of hydrogen-bond acceptors (Lipinski definition) is 3. The van der Waals surface area contributed by atoms with Crippen LogP contribution in [-0.2, 0) is 9.53 Å². The second-order valence-electron chi connectivity index (χ2n) is 3.03. The van der Waals surface area contributed by atoms with E-state index in [0.29, 0.717) is 6.54 Å². The summed E-state index contributed by atoms with van der Waals surface area (Å²) in [7, 11) is 0. The highest BCUT2D eigenvalue weighted by atomic mass is 19.4. The fourth-order valence-electron chi connectivity index (χ4n) is 0.870. The Bertz CT molecular complexity index is 200. The highest BCUT2D eigenvalue weighted by molar-refractivity contribution is 5.73. The average molecular weight is 197 g/mol. The van der Waals surface area contributed by atoms with Gasteiger partial charge in [-0.2, -0.15) is 13.2 Å². The predicted molar refractivity (Wildman–Crippen MR) is 38.0 cm³/mol. The molecule has 0 amide bonds. The Hall–Kier alpha value is -0.780. The molecule has 0 saturated carbocycles. The number of alkyl halides is 3. The second kappa shape index (κ2) is 3.53. The molecule has 0 aromatic heterocycles. The highest BCUT2D eigenvalue weighted by Crippen LogP contribution is 2.18. The Balaban J connectivity index is 2.24. The third-order valence-corrected chi connectivity index (χ3v) is 1.79. The molecule has 0 spiro atoms. The van der Waals surface area contributed by atoms with Crippen molar-refractivity contribution in [1.29, 1.82) is 0 Å². The molecule has 0 aromatic carbocycles. The maximum Gasteiger partial charge on any atom is 0.422 e. The van der Waals surface area contributed by atoms with Gasteiger partial charge in [0.05, 0.1) is 5.92 Å². The first kappa shape index (κ1) is 10.3. The van der Waals surface area contributed by atoms with Gasteiger partial charge >= 0.3 is 12.1 Å². The van der Waals surface area contributed by atoms with Gasteiger partial charge in [0.25, 0.3) is 0 Å². The fourth-order valence-corrected chi connectivity index (χ4v) is 0.870. The van der Waals surface area contributed by atoms with Gasteiger partial charge in [-0.25, -0.2) is 0 Å².